The lowest BCUT2D eigenvalue weighted by Crippen LogP contribution is -2.36. The number of hydrogen-bond donors (Lipinski definition) is 1. The van der Waals surface area contributed by atoms with Gasteiger partial charge >= 0.3 is 0 Å². The van der Waals surface area contributed by atoms with Gasteiger partial charge < -0.3 is 0 Å². The molecule has 2 heteroatoms. The number of fused-ring (bicyclic) bond motifs is 1. The molecule has 0 radical (unpaired) electrons. The van der Waals surface area contributed by atoms with Crippen molar-refractivity contribution in [2.45, 2.75) is 31.7 Å². The molecule has 19 heavy (non-hydrogen) atoms. The summed E-state index contributed by atoms with van der Waals surface area (Å²) in [5.74, 6) is 0. The maximum absolute atomic E-state index is 3.61. The molecule has 1 fully saturated rings. The van der Waals surface area contributed by atoms with Gasteiger partial charge in [-0.25, -0.2) is 0 Å². The molecule has 1 N–H and O–H groups in total. The monoisotopic (exact) mass is 269 g/mol. The highest BCUT2D eigenvalue weighted by atomic mass is 32.2. The number of rotatable bonds is 1. The van der Waals surface area contributed by atoms with Crippen molar-refractivity contribution in [3.05, 3.63) is 52.9 Å². The third-order valence-electron chi connectivity index (χ3n) is 3.59. The number of thioether (sulfide) groups is 1. The van der Waals surface area contributed by atoms with Crippen LogP contribution in [-0.4, -0.2) is 10.9 Å². The molecule has 1 aliphatic heterocycles. The first-order valence-corrected chi connectivity index (χ1v) is 7.58. The largest absolute Gasteiger partial charge is 0.296 e. The molecule has 0 amide bonds. The molecule has 1 nitrogen and oxygen atoms in total. The minimum atomic E-state index is 0.0705. The molecule has 1 heterocycles. The fourth-order valence-electron chi connectivity index (χ4n) is 2.68. The van der Waals surface area contributed by atoms with Gasteiger partial charge in [-0.05, 0) is 43.2 Å². The standard InChI is InChI=1S/C17H19NS/c1-12-18-17(2,3)16(19-12)11-14-9-6-8-13-7-4-5-10-15(13)14/h4-12,18H,1-3H3. The molecule has 1 aliphatic rings. The highest BCUT2D eigenvalue weighted by molar-refractivity contribution is 8.04. The smallest absolute Gasteiger partial charge is 0.0555 e. The van der Waals surface area contributed by atoms with E-state index in [4.69, 9.17) is 0 Å². The van der Waals surface area contributed by atoms with Crippen molar-refractivity contribution in [1.82, 2.24) is 5.32 Å². The molecule has 98 valence electrons. The molecule has 1 saturated heterocycles. The summed E-state index contributed by atoms with van der Waals surface area (Å²) < 4.78 is 0. The van der Waals surface area contributed by atoms with Gasteiger partial charge in [-0.1, -0.05) is 42.5 Å². The molecule has 0 bridgehead atoms. The van der Waals surface area contributed by atoms with Gasteiger partial charge in [-0.3, -0.25) is 5.32 Å². The van der Waals surface area contributed by atoms with Gasteiger partial charge in [-0.15, -0.1) is 11.8 Å². The van der Waals surface area contributed by atoms with E-state index in [2.05, 4.69) is 74.6 Å². The Hall–Kier alpha value is -1.25. The molecule has 0 aliphatic carbocycles. The van der Waals surface area contributed by atoms with Crippen molar-refractivity contribution in [1.29, 1.82) is 0 Å². The van der Waals surface area contributed by atoms with Crippen LogP contribution in [-0.2, 0) is 0 Å². The third-order valence-corrected chi connectivity index (χ3v) is 4.95. The topological polar surface area (TPSA) is 12.0 Å². The Morgan fingerprint density at radius 3 is 2.58 bits per heavy atom. The van der Waals surface area contributed by atoms with Crippen LogP contribution in [0.3, 0.4) is 0 Å². The Bertz CT molecular complexity index is 637. The Morgan fingerprint density at radius 2 is 1.84 bits per heavy atom. The second-order valence-corrected chi connectivity index (χ2v) is 6.99. The van der Waals surface area contributed by atoms with Crippen molar-refractivity contribution in [2.75, 3.05) is 0 Å². The average molecular weight is 269 g/mol. The SMILES string of the molecule is CC1NC(C)(C)C(=Cc2cccc3ccccc23)S1. The quantitative estimate of drug-likeness (QED) is 0.809. The van der Waals surface area contributed by atoms with Gasteiger partial charge in [0.2, 0.25) is 0 Å². The summed E-state index contributed by atoms with van der Waals surface area (Å²) in [5.41, 5.74) is 1.38. The van der Waals surface area contributed by atoms with E-state index in [9.17, 15) is 0 Å². The number of nitrogens with one attached hydrogen (secondary N) is 1. The van der Waals surface area contributed by atoms with Crippen LogP contribution in [0.1, 0.15) is 26.3 Å². The van der Waals surface area contributed by atoms with Gasteiger partial charge in [0.1, 0.15) is 0 Å². The third kappa shape index (κ3) is 2.43. The van der Waals surface area contributed by atoms with Crippen molar-refractivity contribution in [3.63, 3.8) is 0 Å². The second-order valence-electron chi connectivity index (χ2n) is 5.61. The minimum Gasteiger partial charge on any atom is -0.296 e. The van der Waals surface area contributed by atoms with Crippen LogP contribution in [0.5, 0.6) is 0 Å². The molecule has 0 saturated carbocycles. The van der Waals surface area contributed by atoms with Crippen LogP contribution >= 0.6 is 11.8 Å². The zero-order valence-corrected chi connectivity index (χ0v) is 12.4. The van der Waals surface area contributed by atoms with Crippen LogP contribution in [0.25, 0.3) is 16.8 Å². The number of benzene rings is 2. The van der Waals surface area contributed by atoms with Gasteiger partial charge in [0, 0.05) is 10.4 Å². The molecule has 1 unspecified atom stereocenters. The van der Waals surface area contributed by atoms with Crippen molar-refractivity contribution in [2.24, 2.45) is 0 Å². The van der Waals surface area contributed by atoms with E-state index in [-0.39, 0.29) is 5.54 Å². The summed E-state index contributed by atoms with van der Waals surface area (Å²) in [5, 5.41) is 6.72. The van der Waals surface area contributed by atoms with E-state index in [1.165, 1.54) is 21.2 Å². The highest BCUT2D eigenvalue weighted by Crippen LogP contribution is 2.39. The van der Waals surface area contributed by atoms with Crippen LogP contribution in [0.15, 0.2) is 47.4 Å². The summed E-state index contributed by atoms with van der Waals surface area (Å²) in [6, 6.07) is 15.1. The van der Waals surface area contributed by atoms with Crippen LogP contribution in [0, 0.1) is 0 Å². The lowest BCUT2D eigenvalue weighted by Gasteiger charge is -2.20. The van der Waals surface area contributed by atoms with Crippen LogP contribution in [0.4, 0.5) is 0 Å². The lowest BCUT2D eigenvalue weighted by molar-refractivity contribution is 0.489. The first-order valence-electron chi connectivity index (χ1n) is 6.70. The Kier molecular flexibility index (Phi) is 3.15. The number of hydrogen-bond acceptors (Lipinski definition) is 2. The van der Waals surface area contributed by atoms with E-state index in [1.54, 1.807) is 0 Å². The molecule has 0 aromatic heterocycles. The summed E-state index contributed by atoms with van der Waals surface area (Å²) in [6.45, 7) is 6.72. The zero-order chi connectivity index (χ0) is 13.5. The van der Waals surface area contributed by atoms with Crippen molar-refractivity contribution >= 4 is 28.6 Å². The first-order chi connectivity index (χ1) is 9.06. The highest BCUT2D eigenvalue weighted by Gasteiger charge is 2.33. The summed E-state index contributed by atoms with van der Waals surface area (Å²) in [7, 11) is 0. The Balaban J connectivity index is 2.11. The van der Waals surface area contributed by atoms with E-state index in [0.29, 0.717) is 5.37 Å². The zero-order valence-electron chi connectivity index (χ0n) is 11.6. The molecular formula is C17H19NS. The summed E-state index contributed by atoms with van der Waals surface area (Å²) >= 11 is 1.93. The fraction of sp³-hybridized carbons (Fsp3) is 0.294. The van der Waals surface area contributed by atoms with E-state index in [1.807, 2.05) is 11.8 Å². The van der Waals surface area contributed by atoms with Crippen LogP contribution in [0.2, 0.25) is 0 Å². The molecular weight excluding hydrogens is 250 g/mol. The lowest BCUT2D eigenvalue weighted by atomic mass is 9.99. The Morgan fingerprint density at radius 1 is 1.11 bits per heavy atom. The van der Waals surface area contributed by atoms with Gasteiger partial charge in [-0.2, -0.15) is 0 Å². The van der Waals surface area contributed by atoms with Gasteiger partial charge in [0.05, 0.1) is 5.37 Å². The average Bonchev–Trinajstić information content (AvgIpc) is 2.62. The van der Waals surface area contributed by atoms with Gasteiger partial charge in [0.15, 0.2) is 0 Å². The Labute approximate surface area is 119 Å². The molecule has 1 atom stereocenters. The molecule has 2 aromatic carbocycles. The maximum Gasteiger partial charge on any atom is 0.0555 e. The molecule has 0 spiro atoms. The normalized spacial score (nSPS) is 24.2. The van der Waals surface area contributed by atoms with E-state index < -0.39 is 0 Å². The predicted octanol–water partition coefficient (Wildman–Crippen LogP) is 4.64. The second kappa shape index (κ2) is 4.69. The van der Waals surface area contributed by atoms with E-state index in [0.717, 1.165) is 0 Å². The minimum absolute atomic E-state index is 0.0705. The first kappa shape index (κ1) is 12.8. The van der Waals surface area contributed by atoms with Crippen LogP contribution < -0.4 is 5.32 Å². The van der Waals surface area contributed by atoms with E-state index >= 15 is 0 Å². The maximum atomic E-state index is 3.61. The fourth-order valence-corrected chi connectivity index (χ4v) is 3.96. The summed E-state index contributed by atoms with van der Waals surface area (Å²) in [4.78, 5) is 1.41. The predicted molar refractivity (Wildman–Crippen MR) is 86.2 cm³/mol. The molecule has 2 aromatic rings. The van der Waals surface area contributed by atoms with Crippen molar-refractivity contribution < 1.29 is 0 Å². The summed E-state index contributed by atoms with van der Waals surface area (Å²) in [6.07, 6.45) is 2.34. The van der Waals surface area contributed by atoms with Gasteiger partial charge in [0.25, 0.3) is 0 Å². The van der Waals surface area contributed by atoms with Crippen molar-refractivity contribution in [3.8, 4) is 0 Å². The molecule has 3 rings (SSSR count).